The molecule has 3 rings (SSSR count). The number of aryl methyl sites for hydroxylation is 2. The molecule has 108 valence electrons. The van der Waals surface area contributed by atoms with Gasteiger partial charge < -0.3 is 0 Å². The number of rotatable bonds is 4. The van der Waals surface area contributed by atoms with Crippen molar-refractivity contribution in [3.05, 3.63) is 57.8 Å². The molecule has 2 heterocycles. The third-order valence-corrected chi connectivity index (χ3v) is 5.28. The minimum absolute atomic E-state index is 0.853. The fraction of sp³-hybridized carbons (Fsp3) is 0.250. The molecule has 0 radical (unpaired) electrons. The minimum atomic E-state index is 0.853. The summed E-state index contributed by atoms with van der Waals surface area (Å²) in [5.74, 6) is 0.853. The molecule has 1 aromatic carbocycles. The normalized spacial score (nSPS) is 11.0. The molecule has 0 bridgehead atoms. The molecule has 21 heavy (non-hydrogen) atoms. The van der Waals surface area contributed by atoms with Crippen LogP contribution in [0.2, 0.25) is 0 Å². The van der Waals surface area contributed by atoms with Crippen molar-refractivity contribution in [2.24, 2.45) is 0 Å². The Balaban J connectivity index is 1.85. The molecule has 3 nitrogen and oxygen atoms in total. The molecule has 0 aliphatic rings. The largest absolute Gasteiger partial charge is 0.295 e. The minimum Gasteiger partial charge on any atom is -0.295 e. The van der Waals surface area contributed by atoms with E-state index in [9.17, 15) is 0 Å². The number of hydrogen-bond acceptors (Lipinski definition) is 4. The van der Waals surface area contributed by atoms with E-state index >= 15 is 0 Å². The molecule has 0 N–H and O–H groups in total. The summed E-state index contributed by atoms with van der Waals surface area (Å²) in [5.41, 5.74) is 4.91. The number of thiazole rings is 1. The zero-order valence-corrected chi connectivity index (χ0v) is 14.0. The third-order valence-electron chi connectivity index (χ3n) is 3.46. The molecule has 0 saturated carbocycles. The maximum atomic E-state index is 4.50. The zero-order chi connectivity index (χ0) is 14.8. The van der Waals surface area contributed by atoms with Gasteiger partial charge in [-0.15, -0.1) is 11.3 Å². The van der Waals surface area contributed by atoms with E-state index < -0.39 is 0 Å². The first kappa shape index (κ1) is 14.4. The van der Waals surface area contributed by atoms with E-state index in [1.807, 2.05) is 19.3 Å². The van der Waals surface area contributed by atoms with Crippen LogP contribution in [0.15, 0.2) is 41.1 Å². The molecule has 0 saturated heterocycles. The average molecular weight is 315 g/mol. The van der Waals surface area contributed by atoms with E-state index in [-0.39, 0.29) is 0 Å². The Bertz CT molecular complexity index is 758. The highest BCUT2D eigenvalue weighted by molar-refractivity contribution is 7.98. The van der Waals surface area contributed by atoms with Crippen molar-refractivity contribution in [1.82, 2.24) is 14.5 Å². The highest BCUT2D eigenvalue weighted by atomic mass is 32.2. The lowest BCUT2D eigenvalue weighted by Gasteiger charge is -2.12. The molecule has 0 spiro atoms. The summed E-state index contributed by atoms with van der Waals surface area (Å²) in [6.45, 7) is 6.33. The lowest BCUT2D eigenvalue weighted by molar-refractivity contribution is 0.885. The van der Waals surface area contributed by atoms with Gasteiger partial charge >= 0.3 is 0 Å². The second-order valence-corrected chi connectivity index (χ2v) is 6.95. The summed E-state index contributed by atoms with van der Waals surface area (Å²) in [6.07, 6.45) is 3.88. The molecule has 0 fully saturated rings. The maximum Gasteiger partial charge on any atom is 0.172 e. The second kappa shape index (κ2) is 6.03. The Morgan fingerprint density at radius 1 is 1.24 bits per heavy atom. The van der Waals surface area contributed by atoms with Crippen molar-refractivity contribution >= 4 is 23.1 Å². The molecular weight excluding hydrogens is 298 g/mol. The van der Waals surface area contributed by atoms with Gasteiger partial charge in [0.25, 0.3) is 0 Å². The van der Waals surface area contributed by atoms with Crippen molar-refractivity contribution in [3.8, 4) is 5.69 Å². The van der Waals surface area contributed by atoms with E-state index in [4.69, 9.17) is 0 Å². The summed E-state index contributed by atoms with van der Waals surface area (Å²) in [7, 11) is 0. The third kappa shape index (κ3) is 3.04. The summed E-state index contributed by atoms with van der Waals surface area (Å²) in [6, 6.07) is 6.37. The topological polar surface area (TPSA) is 30.7 Å². The van der Waals surface area contributed by atoms with Crippen LogP contribution in [0.25, 0.3) is 5.69 Å². The van der Waals surface area contributed by atoms with Crippen LogP contribution >= 0.6 is 23.1 Å². The van der Waals surface area contributed by atoms with Crippen molar-refractivity contribution in [3.63, 3.8) is 0 Å². The van der Waals surface area contributed by atoms with Gasteiger partial charge in [-0.3, -0.25) is 4.57 Å². The number of hydrogen-bond donors (Lipinski definition) is 0. The van der Waals surface area contributed by atoms with Crippen LogP contribution in [0.1, 0.15) is 21.8 Å². The van der Waals surface area contributed by atoms with Crippen LogP contribution in [0.4, 0.5) is 0 Å². The molecule has 0 aliphatic carbocycles. The monoisotopic (exact) mass is 315 g/mol. The Hall–Kier alpha value is -1.59. The highest BCUT2D eigenvalue weighted by Gasteiger charge is 2.10. The molecule has 2 aromatic heterocycles. The fourth-order valence-corrected chi connectivity index (χ4v) is 3.77. The maximum absolute atomic E-state index is 4.50. The second-order valence-electron chi connectivity index (χ2n) is 4.95. The summed E-state index contributed by atoms with van der Waals surface area (Å²) in [5, 5.41) is 4.24. The van der Waals surface area contributed by atoms with Gasteiger partial charge in [0.05, 0.1) is 16.4 Å². The SMILES string of the molecule is Cc1nc(CSc2nccn2-c2cccc(C)c2C)cs1. The Morgan fingerprint density at radius 2 is 2.10 bits per heavy atom. The van der Waals surface area contributed by atoms with Crippen molar-refractivity contribution in [1.29, 1.82) is 0 Å². The molecule has 0 atom stereocenters. The quantitative estimate of drug-likeness (QED) is 0.662. The lowest BCUT2D eigenvalue weighted by atomic mass is 10.1. The van der Waals surface area contributed by atoms with Gasteiger partial charge in [0.15, 0.2) is 5.16 Å². The van der Waals surface area contributed by atoms with E-state index in [2.05, 4.69) is 52.0 Å². The van der Waals surface area contributed by atoms with Gasteiger partial charge in [-0.25, -0.2) is 9.97 Å². The predicted molar refractivity (Wildman–Crippen MR) is 89.5 cm³/mol. The van der Waals surface area contributed by atoms with Gasteiger partial charge in [-0.2, -0.15) is 0 Å². The van der Waals surface area contributed by atoms with Crippen LogP contribution in [-0.2, 0) is 5.75 Å². The van der Waals surface area contributed by atoms with Crippen molar-refractivity contribution in [2.45, 2.75) is 31.7 Å². The van der Waals surface area contributed by atoms with E-state index in [1.165, 1.54) is 16.8 Å². The molecule has 3 aromatic rings. The van der Waals surface area contributed by atoms with Gasteiger partial charge in [-0.1, -0.05) is 23.9 Å². The van der Waals surface area contributed by atoms with Crippen LogP contribution in [0.3, 0.4) is 0 Å². The predicted octanol–water partition coefficient (Wildman–Crippen LogP) is 4.55. The average Bonchev–Trinajstić information content (AvgIpc) is 3.08. The van der Waals surface area contributed by atoms with E-state index in [0.29, 0.717) is 0 Å². The van der Waals surface area contributed by atoms with E-state index in [0.717, 1.165) is 21.6 Å². The molecule has 5 heteroatoms. The number of nitrogens with zero attached hydrogens (tertiary/aromatic N) is 3. The standard InChI is InChI=1S/C16H17N3S2/c1-11-5-4-6-15(12(11)2)19-8-7-17-16(19)21-10-14-9-20-13(3)18-14/h4-9H,10H2,1-3H3. The van der Waals surface area contributed by atoms with Crippen LogP contribution in [-0.4, -0.2) is 14.5 Å². The Labute approximate surface area is 133 Å². The number of benzene rings is 1. The smallest absolute Gasteiger partial charge is 0.172 e. The Kier molecular flexibility index (Phi) is 4.12. The van der Waals surface area contributed by atoms with Crippen LogP contribution in [0, 0.1) is 20.8 Å². The van der Waals surface area contributed by atoms with Gasteiger partial charge in [-0.05, 0) is 38.0 Å². The first-order valence-electron chi connectivity index (χ1n) is 6.79. The molecule has 0 amide bonds. The first-order chi connectivity index (χ1) is 10.1. The van der Waals surface area contributed by atoms with Gasteiger partial charge in [0, 0.05) is 23.5 Å². The fourth-order valence-electron chi connectivity index (χ4n) is 2.19. The van der Waals surface area contributed by atoms with Gasteiger partial charge in [0.1, 0.15) is 0 Å². The molecular formula is C16H17N3S2. The number of imidazole rings is 1. The number of thioether (sulfide) groups is 1. The molecule has 0 unspecified atom stereocenters. The van der Waals surface area contributed by atoms with Gasteiger partial charge in [0.2, 0.25) is 0 Å². The lowest BCUT2D eigenvalue weighted by Crippen LogP contribution is -1.99. The van der Waals surface area contributed by atoms with Crippen LogP contribution in [0.5, 0.6) is 0 Å². The number of aromatic nitrogens is 3. The highest BCUT2D eigenvalue weighted by Crippen LogP contribution is 2.26. The summed E-state index contributed by atoms with van der Waals surface area (Å²) in [4.78, 5) is 8.99. The summed E-state index contributed by atoms with van der Waals surface area (Å²) >= 11 is 3.42. The van der Waals surface area contributed by atoms with E-state index in [1.54, 1.807) is 23.1 Å². The van der Waals surface area contributed by atoms with Crippen molar-refractivity contribution in [2.75, 3.05) is 0 Å². The van der Waals surface area contributed by atoms with Crippen LogP contribution < -0.4 is 0 Å². The van der Waals surface area contributed by atoms with Crippen molar-refractivity contribution < 1.29 is 0 Å². The first-order valence-corrected chi connectivity index (χ1v) is 8.65. The Morgan fingerprint density at radius 3 is 2.86 bits per heavy atom. The molecule has 0 aliphatic heterocycles. The zero-order valence-electron chi connectivity index (χ0n) is 12.3. The summed E-state index contributed by atoms with van der Waals surface area (Å²) < 4.78 is 2.16.